The van der Waals surface area contributed by atoms with Crippen LogP contribution in [0.3, 0.4) is 0 Å². The molecular formula is C23H28N6O3. The number of benzene rings is 1. The van der Waals surface area contributed by atoms with Crippen molar-refractivity contribution in [2.24, 2.45) is 11.8 Å². The van der Waals surface area contributed by atoms with Crippen LogP contribution in [0, 0.1) is 11.8 Å². The maximum Gasteiger partial charge on any atom is 0.407 e. The Morgan fingerprint density at radius 3 is 2.62 bits per heavy atom. The van der Waals surface area contributed by atoms with Crippen LogP contribution in [-0.2, 0) is 16.1 Å². The lowest BCUT2D eigenvalue weighted by atomic mass is 9.73. The molecule has 0 saturated heterocycles. The van der Waals surface area contributed by atoms with Crippen molar-refractivity contribution in [3.8, 4) is 0 Å². The number of ether oxygens (including phenoxy) is 1. The predicted molar refractivity (Wildman–Crippen MR) is 120 cm³/mol. The van der Waals surface area contributed by atoms with Crippen LogP contribution in [0.5, 0.6) is 0 Å². The molecule has 0 spiro atoms. The molecule has 0 aliphatic heterocycles. The molecule has 2 aromatic heterocycles. The number of carbonyl (C=O) groups excluding carboxylic acids is 2. The summed E-state index contributed by atoms with van der Waals surface area (Å²) in [5.74, 6) is 0.594. The van der Waals surface area contributed by atoms with Gasteiger partial charge in [-0.1, -0.05) is 30.3 Å². The summed E-state index contributed by atoms with van der Waals surface area (Å²) in [6, 6.07) is 9.60. The Bertz CT molecular complexity index is 1070. The van der Waals surface area contributed by atoms with Gasteiger partial charge in [-0.05, 0) is 51.0 Å². The molecule has 9 nitrogen and oxygen atoms in total. The average Bonchev–Trinajstić information content (AvgIpc) is 3.28. The fourth-order valence-electron chi connectivity index (χ4n) is 4.28. The molecule has 4 rings (SSSR count). The minimum Gasteiger partial charge on any atom is -0.445 e. The molecule has 3 N–H and O–H groups in total. The number of hydrogen-bond donors (Lipinski definition) is 3. The topological polar surface area (TPSA) is 122 Å². The lowest BCUT2D eigenvalue weighted by molar-refractivity contribution is -0.121. The zero-order valence-corrected chi connectivity index (χ0v) is 18.3. The first-order chi connectivity index (χ1) is 15.4. The van der Waals surface area contributed by atoms with Crippen LogP contribution in [0.25, 0.3) is 11.0 Å². The Morgan fingerprint density at radius 1 is 1.12 bits per heavy atom. The van der Waals surface area contributed by atoms with E-state index in [0.29, 0.717) is 16.9 Å². The van der Waals surface area contributed by atoms with Gasteiger partial charge < -0.3 is 15.4 Å². The van der Waals surface area contributed by atoms with Crippen LogP contribution in [0.2, 0.25) is 0 Å². The maximum absolute atomic E-state index is 12.8. The van der Waals surface area contributed by atoms with Crippen LogP contribution < -0.4 is 10.6 Å². The highest BCUT2D eigenvalue weighted by Gasteiger charge is 2.36. The van der Waals surface area contributed by atoms with Crippen molar-refractivity contribution in [2.75, 3.05) is 5.32 Å². The molecule has 168 valence electrons. The number of aromatic amines is 1. The van der Waals surface area contributed by atoms with Crippen molar-refractivity contribution >= 4 is 28.9 Å². The van der Waals surface area contributed by atoms with Gasteiger partial charge in [0.2, 0.25) is 5.91 Å². The summed E-state index contributed by atoms with van der Waals surface area (Å²) in [4.78, 5) is 33.4. The van der Waals surface area contributed by atoms with E-state index in [1.807, 2.05) is 44.2 Å². The summed E-state index contributed by atoms with van der Waals surface area (Å²) in [5, 5.41) is 13.3. The molecule has 1 aliphatic rings. The van der Waals surface area contributed by atoms with E-state index >= 15 is 0 Å². The smallest absolute Gasteiger partial charge is 0.407 e. The number of fused-ring (bicyclic) bond motifs is 1. The monoisotopic (exact) mass is 436 g/mol. The first-order valence-electron chi connectivity index (χ1n) is 10.9. The van der Waals surface area contributed by atoms with Crippen LogP contribution in [0.4, 0.5) is 10.6 Å². The Labute approximate surface area is 186 Å². The number of amides is 2. The van der Waals surface area contributed by atoms with Crippen molar-refractivity contribution < 1.29 is 14.3 Å². The third kappa shape index (κ3) is 5.04. The summed E-state index contributed by atoms with van der Waals surface area (Å²) in [5.41, 5.74) is 1.11. The van der Waals surface area contributed by atoms with Crippen LogP contribution in [0.15, 0.2) is 42.9 Å². The number of carbonyl (C=O) groups is 2. The SMILES string of the molecule is CC(C)(NC(=O)OCc1ccccc1)C1CCC(C(=O)Nc2ncnc3[nH]ncc23)CC1. The summed E-state index contributed by atoms with van der Waals surface area (Å²) < 4.78 is 5.38. The highest BCUT2D eigenvalue weighted by Crippen LogP contribution is 2.36. The maximum atomic E-state index is 12.8. The zero-order valence-electron chi connectivity index (χ0n) is 18.3. The lowest BCUT2D eigenvalue weighted by Gasteiger charge is -2.39. The molecule has 9 heteroatoms. The zero-order chi connectivity index (χ0) is 22.6. The molecule has 1 aromatic carbocycles. The number of nitrogens with one attached hydrogen (secondary N) is 3. The largest absolute Gasteiger partial charge is 0.445 e. The number of H-pyrrole nitrogens is 1. The van der Waals surface area contributed by atoms with Gasteiger partial charge in [-0.15, -0.1) is 0 Å². The van der Waals surface area contributed by atoms with E-state index in [4.69, 9.17) is 4.74 Å². The third-order valence-electron chi connectivity index (χ3n) is 6.25. The van der Waals surface area contributed by atoms with Crippen molar-refractivity contribution in [1.29, 1.82) is 0 Å². The van der Waals surface area contributed by atoms with E-state index in [1.54, 1.807) is 6.20 Å². The first-order valence-corrected chi connectivity index (χ1v) is 10.9. The number of aromatic nitrogens is 4. The lowest BCUT2D eigenvalue weighted by Crippen LogP contribution is -2.50. The van der Waals surface area contributed by atoms with Crippen molar-refractivity contribution in [2.45, 2.75) is 51.7 Å². The van der Waals surface area contributed by atoms with Gasteiger partial charge in [-0.25, -0.2) is 14.8 Å². The molecule has 32 heavy (non-hydrogen) atoms. The van der Waals surface area contributed by atoms with E-state index in [2.05, 4.69) is 30.8 Å². The van der Waals surface area contributed by atoms with E-state index in [1.165, 1.54) is 6.33 Å². The number of rotatable bonds is 6. The van der Waals surface area contributed by atoms with Crippen LogP contribution >= 0.6 is 0 Å². The van der Waals surface area contributed by atoms with E-state index < -0.39 is 11.6 Å². The summed E-state index contributed by atoms with van der Waals surface area (Å²) in [6.45, 7) is 4.26. The Morgan fingerprint density at radius 2 is 1.88 bits per heavy atom. The second kappa shape index (κ2) is 9.33. The Balaban J connectivity index is 1.27. The van der Waals surface area contributed by atoms with Crippen LogP contribution in [0.1, 0.15) is 45.1 Å². The average molecular weight is 437 g/mol. The fraction of sp³-hybridized carbons (Fsp3) is 0.435. The minimum absolute atomic E-state index is 0.0438. The van der Waals surface area contributed by atoms with Crippen molar-refractivity contribution in [1.82, 2.24) is 25.5 Å². The molecule has 0 bridgehead atoms. The predicted octanol–water partition coefficient (Wildman–Crippen LogP) is 3.80. The van der Waals surface area contributed by atoms with Gasteiger partial charge in [0.15, 0.2) is 5.65 Å². The summed E-state index contributed by atoms with van der Waals surface area (Å²) in [6.07, 6.45) is 5.77. The standard InChI is InChI=1S/C23H28N6O3/c1-23(2,28-22(31)32-13-15-6-4-3-5-7-15)17-10-8-16(9-11-17)21(30)27-19-18-12-26-29-20(18)25-14-24-19/h3-7,12,14,16-17H,8-11,13H2,1-2H3,(H,28,31)(H2,24,25,26,27,29,30). The molecule has 2 heterocycles. The second-order valence-corrected chi connectivity index (χ2v) is 8.80. The van der Waals surface area contributed by atoms with Crippen LogP contribution in [-0.4, -0.2) is 37.7 Å². The van der Waals surface area contributed by atoms with Crippen molar-refractivity contribution in [3.05, 3.63) is 48.4 Å². The van der Waals surface area contributed by atoms with Gasteiger partial charge in [0.1, 0.15) is 18.8 Å². The van der Waals surface area contributed by atoms with Gasteiger partial charge in [-0.2, -0.15) is 5.10 Å². The number of hydrogen-bond acceptors (Lipinski definition) is 6. The van der Waals surface area contributed by atoms with Gasteiger partial charge in [-0.3, -0.25) is 9.89 Å². The summed E-state index contributed by atoms with van der Waals surface area (Å²) in [7, 11) is 0. The minimum atomic E-state index is -0.426. The van der Waals surface area contributed by atoms with E-state index in [0.717, 1.165) is 31.2 Å². The van der Waals surface area contributed by atoms with Gasteiger partial charge in [0.25, 0.3) is 0 Å². The van der Waals surface area contributed by atoms with E-state index in [9.17, 15) is 9.59 Å². The fourth-order valence-corrected chi connectivity index (χ4v) is 4.28. The molecule has 3 aromatic rings. The Kier molecular flexibility index (Phi) is 6.34. The van der Waals surface area contributed by atoms with E-state index in [-0.39, 0.29) is 24.3 Å². The van der Waals surface area contributed by atoms with Gasteiger partial charge >= 0.3 is 6.09 Å². The molecule has 0 atom stereocenters. The highest BCUT2D eigenvalue weighted by molar-refractivity contribution is 5.98. The first kappa shape index (κ1) is 21.7. The molecule has 0 radical (unpaired) electrons. The molecular weight excluding hydrogens is 408 g/mol. The number of anilines is 1. The normalized spacial score (nSPS) is 18.8. The number of nitrogens with zero attached hydrogens (tertiary/aromatic N) is 3. The van der Waals surface area contributed by atoms with Gasteiger partial charge in [0, 0.05) is 11.5 Å². The Hall–Kier alpha value is -3.49. The molecule has 0 unspecified atom stereocenters. The molecule has 1 aliphatic carbocycles. The number of alkyl carbamates (subject to hydrolysis) is 1. The van der Waals surface area contributed by atoms with Crippen molar-refractivity contribution in [3.63, 3.8) is 0 Å². The third-order valence-corrected chi connectivity index (χ3v) is 6.25. The van der Waals surface area contributed by atoms with Gasteiger partial charge in [0.05, 0.1) is 11.6 Å². The molecule has 1 saturated carbocycles. The molecule has 1 fully saturated rings. The molecule has 2 amide bonds. The second-order valence-electron chi connectivity index (χ2n) is 8.80. The quantitative estimate of drug-likeness (QED) is 0.540. The summed E-state index contributed by atoms with van der Waals surface area (Å²) >= 11 is 0. The highest BCUT2D eigenvalue weighted by atomic mass is 16.5.